The lowest BCUT2D eigenvalue weighted by molar-refractivity contribution is -0.147. The molecule has 5 heteroatoms. The quantitative estimate of drug-likeness (QED) is 0.690. The van der Waals surface area contributed by atoms with Gasteiger partial charge in [0.2, 0.25) is 0 Å². The molecule has 1 aromatic carbocycles. The standard InChI is InChI=1S/C13H18N2O3/c1-3-13(2,12(17)18)8-15-11(16)9-5-4-6-10(14)7-9/h4-7H,3,8,14H2,1-2H3,(H,15,16)(H,17,18). The molecule has 1 rings (SSSR count). The van der Waals surface area contributed by atoms with Crippen LogP contribution in [0, 0.1) is 5.41 Å². The number of carboxylic acids is 1. The summed E-state index contributed by atoms with van der Waals surface area (Å²) in [5, 5.41) is 11.7. The molecular formula is C13H18N2O3. The number of nitrogens with two attached hydrogens (primary N) is 1. The normalized spacial score (nSPS) is 13.7. The van der Waals surface area contributed by atoms with E-state index >= 15 is 0 Å². The summed E-state index contributed by atoms with van der Waals surface area (Å²) in [4.78, 5) is 22.9. The molecule has 5 nitrogen and oxygen atoms in total. The zero-order valence-corrected chi connectivity index (χ0v) is 10.6. The fraction of sp³-hybridized carbons (Fsp3) is 0.385. The maximum atomic E-state index is 11.8. The minimum absolute atomic E-state index is 0.0897. The molecule has 4 N–H and O–H groups in total. The average Bonchev–Trinajstić information content (AvgIpc) is 2.35. The minimum atomic E-state index is -0.948. The van der Waals surface area contributed by atoms with E-state index in [1.807, 2.05) is 0 Å². The first-order chi connectivity index (χ1) is 8.39. The molecule has 0 aliphatic rings. The summed E-state index contributed by atoms with van der Waals surface area (Å²) in [5.74, 6) is -1.24. The predicted molar refractivity (Wildman–Crippen MR) is 69.2 cm³/mol. The van der Waals surface area contributed by atoms with Gasteiger partial charge in [0.25, 0.3) is 5.91 Å². The van der Waals surface area contributed by atoms with Crippen molar-refractivity contribution in [3.05, 3.63) is 29.8 Å². The van der Waals surface area contributed by atoms with Gasteiger partial charge in [-0.05, 0) is 31.5 Å². The molecule has 0 radical (unpaired) electrons. The molecule has 0 saturated heterocycles. The van der Waals surface area contributed by atoms with E-state index in [9.17, 15) is 9.59 Å². The Morgan fingerprint density at radius 3 is 2.61 bits per heavy atom. The Bertz CT molecular complexity index is 459. The van der Waals surface area contributed by atoms with Gasteiger partial charge in [-0.1, -0.05) is 13.0 Å². The summed E-state index contributed by atoms with van der Waals surface area (Å²) >= 11 is 0. The lowest BCUT2D eigenvalue weighted by Gasteiger charge is -2.23. The number of anilines is 1. The molecule has 0 aliphatic heterocycles. The number of nitrogens with one attached hydrogen (secondary N) is 1. The van der Waals surface area contributed by atoms with Gasteiger partial charge in [0.1, 0.15) is 0 Å². The zero-order valence-electron chi connectivity index (χ0n) is 10.6. The Labute approximate surface area is 106 Å². The van der Waals surface area contributed by atoms with Crippen LogP contribution in [0.1, 0.15) is 30.6 Å². The van der Waals surface area contributed by atoms with Crippen LogP contribution in [-0.2, 0) is 4.79 Å². The summed E-state index contributed by atoms with van der Waals surface area (Å²) in [6.07, 6.45) is 0.444. The molecule has 1 aromatic rings. The summed E-state index contributed by atoms with van der Waals surface area (Å²) < 4.78 is 0. The topological polar surface area (TPSA) is 92.4 Å². The van der Waals surface area contributed by atoms with Crippen LogP contribution in [0.25, 0.3) is 0 Å². The molecule has 0 bridgehead atoms. The molecule has 1 unspecified atom stereocenters. The van der Waals surface area contributed by atoms with Crippen molar-refractivity contribution in [2.75, 3.05) is 12.3 Å². The van der Waals surface area contributed by atoms with Crippen LogP contribution >= 0.6 is 0 Å². The lowest BCUT2D eigenvalue weighted by atomic mass is 9.87. The fourth-order valence-electron chi connectivity index (χ4n) is 1.41. The number of benzene rings is 1. The molecule has 1 amide bonds. The minimum Gasteiger partial charge on any atom is -0.481 e. The van der Waals surface area contributed by atoms with Gasteiger partial charge in [0, 0.05) is 17.8 Å². The van der Waals surface area contributed by atoms with Crippen molar-refractivity contribution in [1.82, 2.24) is 5.32 Å². The number of carbonyl (C=O) groups is 2. The Hall–Kier alpha value is -2.04. The third-order valence-corrected chi connectivity index (χ3v) is 3.08. The van der Waals surface area contributed by atoms with E-state index in [2.05, 4.69) is 5.32 Å². The molecule has 0 aliphatic carbocycles. The number of rotatable bonds is 5. The molecule has 0 heterocycles. The number of hydrogen-bond acceptors (Lipinski definition) is 3. The van der Waals surface area contributed by atoms with Crippen LogP contribution in [0.4, 0.5) is 5.69 Å². The highest BCUT2D eigenvalue weighted by atomic mass is 16.4. The second-order valence-corrected chi connectivity index (χ2v) is 4.53. The molecule has 1 atom stereocenters. The number of amides is 1. The van der Waals surface area contributed by atoms with Crippen molar-refractivity contribution >= 4 is 17.6 Å². The van der Waals surface area contributed by atoms with Crippen LogP contribution in [0.5, 0.6) is 0 Å². The smallest absolute Gasteiger partial charge is 0.311 e. The molecule has 0 spiro atoms. The van der Waals surface area contributed by atoms with E-state index in [0.29, 0.717) is 17.7 Å². The summed E-state index contributed by atoms with van der Waals surface area (Å²) in [6, 6.07) is 6.56. The van der Waals surface area contributed by atoms with Crippen molar-refractivity contribution in [2.24, 2.45) is 5.41 Å². The third kappa shape index (κ3) is 3.23. The first kappa shape index (κ1) is 14.0. The van der Waals surface area contributed by atoms with Crippen molar-refractivity contribution in [3.8, 4) is 0 Å². The second kappa shape index (κ2) is 5.53. The highest BCUT2D eigenvalue weighted by Crippen LogP contribution is 2.20. The van der Waals surface area contributed by atoms with Gasteiger partial charge in [-0.15, -0.1) is 0 Å². The largest absolute Gasteiger partial charge is 0.481 e. The van der Waals surface area contributed by atoms with Gasteiger partial charge in [-0.3, -0.25) is 9.59 Å². The van der Waals surface area contributed by atoms with Crippen LogP contribution in [0.2, 0.25) is 0 Å². The highest BCUT2D eigenvalue weighted by molar-refractivity contribution is 5.95. The number of carbonyl (C=O) groups excluding carboxylic acids is 1. The van der Waals surface area contributed by atoms with Crippen LogP contribution in [0.3, 0.4) is 0 Å². The van der Waals surface area contributed by atoms with Gasteiger partial charge >= 0.3 is 5.97 Å². The van der Waals surface area contributed by atoms with E-state index in [1.165, 1.54) is 0 Å². The van der Waals surface area contributed by atoms with Crippen molar-refractivity contribution in [3.63, 3.8) is 0 Å². The average molecular weight is 250 g/mol. The first-order valence-corrected chi connectivity index (χ1v) is 5.76. The number of carboxylic acid groups (broad SMARTS) is 1. The SMILES string of the molecule is CCC(C)(CNC(=O)c1cccc(N)c1)C(=O)O. The van der Waals surface area contributed by atoms with Gasteiger partial charge in [-0.2, -0.15) is 0 Å². The molecule has 98 valence electrons. The predicted octanol–water partition coefficient (Wildman–Crippen LogP) is 1.50. The van der Waals surface area contributed by atoms with E-state index in [4.69, 9.17) is 10.8 Å². The second-order valence-electron chi connectivity index (χ2n) is 4.53. The van der Waals surface area contributed by atoms with Crippen LogP contribution < -0.4 is 11.1 Å². The van der Waals surface area contributed by atoms with Crippen molar-refractivity contribution in [1.29, 1.82) is 0 Å². The Morgan fingerprint density at radius 1 is 1.44 bits per heavy atom. The summed E-state index contributed by atoms with van der Waals surface area (Å²) in [6.45, 7) is 3.47. The summed E-state index contributed by atoms with van der Waals surface area (Å²) in [5.41, 5.74) is 5.56. The van der Waals surface area contributed by atoms with Gasteiger partial charge in [0.15, 0.2) is 0 Å². The Morgan fingerprint density at radius 2 is 2.11 bits per heavy atom. The molecule has 0 fully saturated rings. The summed E-state index contributed by atoms with van der Waals surface area (Å²) in [7, 11) is 0. The number of nitrogen functional groups attached to an aromatic ring is 1. The fourth-order valence-corrected chi connectivity index (χ4v) is 1.41. The number of hydrogen-bond donors (Lipinski definition) is 3. The van der Waals surface area contributed by atoms with Gasteiger partial charge in [-0.25, -0.2) is 0 Å². The molecule has 18 heavy (non-hydrogen) atoms. The molecule has 0 aromatic heterocycles. The van der Waals surface area contributed by atoms with E-state index in [-0.39, 0.29) is 12.5 Å². The van der Waals surface area contributed by atoms with E-state index in [1.54, 1.807) is 38.1 Å². The zero-order chi connectivity index (χ0) is 13.8. The lowest BCUT2D eigenvalue weighted by Crippen LogP contribution is -2.40. The Kier molecular flexibility index (Phi) is 4.31. The number of aliphatic carboxylic acids is 1. The van der Waals surface area contributed by atoms with Gasteiger partial charge < -0.3 is 16.2 Å². The van der Waals surface area contributed by atoms with Crippen molar-refractivity contribution < 1.29 is 14.7 Å². The highest BCUT2D eigenvalue weighted by Gasteiger charge is 2.31. The maximum absolute atomic E-state index is 11.8. The van der Waals surface area contributed by atoms with E-state index in [0.717, 1.165) is 0 Å². The third-order valence-electron chi connectivity index (χ3n) is 3.08. The van der Waals surface area contributed by atoms with Crippen LogP contribution in [-0.4, -0.2) is 23.5 Å². The maximum Gasteiger partial charge on any atom is 0.311 e. The first-order valence-electron chi connectivity index (χ1n) is 5.76. The Balaban J connectivity index is 2.69. The van der Waals surface area contributed by atoms with Crippen molar-refractivity contribution in [2.45, 2.75) is 20.3 Å². The molecular weight excluding hydrogens is 232 g/mol. The monoisotopic (exact) mass is 250 g/mol. The van der Waals surface area contributed by atoms with Gasteiger partial charge in [0.05, 0.1) is 5.41 Å². The van der Waals surface area contributed by atoms with Crippen LogP contribution in [0.15, 0.2) is 24.3 Å². The van der Waals surface area contributed by atoms with E-state index < -0.39 is 11.4 Å². The molecule has 0 saturated carbocycles.